The lowest BCUT2D eigenvalue weighted by Crippen LogP contribution is -2.56. The fourth-order valence-electron chi connectivity index (χ4n) is 5.02. The van der Waals surface area contributed by atoms with Gasteiger partial charge in [-0.15, -0.1) is 0 Å². The number of carbonyl (C=O) groups is 1. The van der Waals surface area contributed by atoms with Gasteiger partial charge in [0, 0.05) is 19.5 Å². The van der Waals surface area contributed by atoms with E-state index in [9.17, 15) is 13.6 Å². The average Bonchev–Trinajstić information content (AvgIpc) is 3.19. The second-order valence-electron chi connectivity index (χ2n) is 8.99. The molecule has 1 atom stereocenters. The van der Waals surface area contributed by atoms with Crippen molar-refractivity contribution in [2.45, 2.75) is 31.4 Å². The molecule has 2 aromatic heterocycles. The Bertz CT molecular complexity index is 1260. The van der Waals surface area contributed by atoms with Crippen LogP contribution in [0.25, 0.3) is 11.3 Å². The van der Waals surface area contributed by atoms with Gasteiger partial charge in [0.1, 0.15) is 17.5 Å². The molecule has 3 aliphatic heterocycles. The van der Waals surface area contributed by atoms with E-state index in [4.69, 9.17) is 4.74 Å². The minimum atomic E-state index is -0.715. The number of amides is 1. The average molecular weight is 463 g/mol. The number of hydrogen-bond acceptors (Lipinski definition) is 6. The van der Waals surface area contributed by atoms with Crippen LogP contribution in [0.4, 0.5) is 26.0 Å². The third-order valence-electron chi connectivity index (χ3n) is 6.84. The summed E-state index contributed by atoms with van der Waals surface area (Å²) in [5.41, 5.74) is 2.07. The van der Waals surface area contributed by atoms with E-state index in [1.807, 2.05) is 12.1 Å². The van der Waals surface area contributed by atoms with Gasteiger partial charge in [0.2, 0.25) is 0 Å². The maximum Gasteiger partial charge on any atom is 0.255 e. The number of pyridine rings is 2. The minimum Gasteiger partial charge on any atom is -0.373 e. The molecule has 0 saturated carbocycles. The summed E-state index contributed by atoms with van der Waals surface area (Å²) in [5, 5.41) is 5.87. The minimum absolute atomic E-state index is 0.0154. The van der Waals surface area contributed by atoms with E-state index in [-0.39, 0.29) is 29.3 Å². The van der Waals surface area contributed by atoms with Crippen molar-refractivity contribution in [3.63, 3.8) is 0 Å². The third-order valence-corrected chi connectivity index (χ3v) is 6.84. The molecular weight excluding hydrogens is 440 g/mol. The number of halogens is 2. The van der Waals surface area contributed by atoms with E-state index in [1.54, 1.807) is 6.20 Å². The molecule has 0 aliphatic carbocycles. The summed E-state index contributed by atoms with van der Waals surface area (Å²) >= 11 is 0. The third kappa shape index (κ3) is 3.56. The van der Waals surface area contributed by atoms with Gasteiger partial charge in [-0.05, 0) is 43.2 Å². The predicted octanol–water partition coefficient (Wildman–Crippen LogP) is 4.17. The van der Waals surface area contributed by atoms with Gasteiger partial charge < -0.3 is 20.3 Å². The number of benzene rings is 1. The largest absolute Gasteiger partial charge is 0.373 e. The number of aromatic nitrogens is 2. The molecule has 174 valence electrons. The van der Waals surface area contributed by atoms with Gasteiger partial charge in [-0.3, -0.25) is 4.79 Å². The number of rotatable bonds is 4. The van der Waals surface area contributed by atoms with Crippen molar-refractivity contribution in [3.05, 3.63) is 65.5 Å². The number of carbonyl (C=O) groups excluding carboxylic acids is 1. The summed E-state index contributed by atoms with van der Waals surface area (Å²) in [6, 6.07) is 8.97. The summed E-state index contributed by atoms with van der Waals surface area (Å²) in [6.45, 7) is 2.83. The SMILES string of the molecule is O=C1NCc2nc(-c3c(F)cccc3F)cc(Nc3ccc(N4CCC[C@]5(CCO5)C4)cn3)c21. The monoisotopic (exact) mass is 463 g/mol. The Balaban J connectivity index is 1.30. The Morgan fingerprint density at radius 1 is 1.12 bits per heavy atom. The molecule has 9 heteroatoms. The maximum absolute atomic E-state index is 14.4. The molecule has 6 rings (SSSR count). The highest BCUT2D eigenvalue weighted by molar-refractivity contribution is 6.04. The number of nitrogens with zero attached hydrogens (tertiary/aromatic N) is 3. The van der Waals surface area contributed by atoms with E-state index in [0.29, 0.717) is 22.8 Å². The number of nitrogens with one attached hydrogen (secondary N) is 2. The molecular formula is C25H23F2N5O2. The van der Waals surface area contributed by atoms with Crippen LogP contribution < -0.4 is 15.5 Å². The van der Waals surface area contributed by atoms with Crippen LogP contribution in [-0.4, -0.2) is 41.2 Å². The molecule has 2 saturated heterocycles. The molecule has 0 unspecified atom stereocenters. The van der Waals surface area contributed by atoms with Crippen LogP contribution in [0.15, 0.2) is 42.6 Å². The Kier molecular flexibility index (Phi) is 4.95. The molecule has 7 nitrogen and oxygen atoms in total. The molecule has 1 amide bonds. The second kappa shape index (κ2) is 8.02. The summed E-state index contributed by atoms with van der Waals surface area (Å²) in [6.07, 6.45) is 5.06. The number of fused-ring (bicyclic) bond motifs is 1. The Morgan fingerprint density at radius 3 is 2.65 bits per heavy atom. The van der Waals surface area contributed by atoms with Crippen LogP contribution in [0, 0.1) is 11.6 Å². The van der Waals surface area contributed by atoms with Crippen LogP contribution in [0.1, 0.15) is 35.3 Å². The number of anilines is 3. The molecule has 1 aromatic carbocycles. The maximum atomic E-state index is 14.4. The number of ether oxygens (including phenoxy) is 1. The van der Waals surface area contributed by atoms with Crippen molar-refractivity contribution in [1.82, 2.24) is 15.3 Å². The zero-order chi connectivity index (χ0) is 23.3. The molecule has 0 bridgehead atoms. The Morgan fingerprint density at radius 2 is 1.94 bits per heavy atom. The van der Waals surface area contributed by atoms with Gasteiger partial charge in [0.15, 0.2) is 0 Å². The highest BCUT2D eigenvalue weighted by Crippen LogP contribution is 2.37. The van der Waals surface area contributed by atoms with Crippen LogP contribution in [0.3, 0.4) is 0 Å². The van der Waals surface area contributed by atoms with Crippen molar-refractivity contribution in [1.29, 1.82) is 0 Å². The lowest BCUT2D eigenvalue weighted by Gasteiger charge is -2.49. The van der Waals surface area contributed by atoms with E-state index < -0.39 is 11.6 Å². The lowest BCUT2D eigenvalue weighted by atomic mass is 9.86. The summed E-state index contributed by atoms with van der Waals surface area (Å²) in [7, 11) is 0. The van der Waals surface area contributed by atoms with E-state index in [2.05, 4.69) is 25.5 Å². The van der Waals surface area contributed by atoms with Gasteiger partial charge in [0.05, 0.1) is 58.8 Å². The van der Waals surface area contributed by atoms with Crippen molar-refractivity contribution in [2.75, 3.05) is 29.9 Å². The second-order valence-corrected chi connectivity index (χ2v) is 8.99. The van der Waals surface area contributed by atoms with Crippen molar-refractivity contribution in [3.8, 4) is 11.3 Å². The fourth-order valence-corrected chi connectivity index (χ4v) is 5.02. The normalized spacial score (nSPS) is 21.2. The Hall–Kier alpha value is -3.59. The first-order valence-electron chi connectivity index (χ1n) is 11.4. The van der Waals surface area contributed by atoms with E-state index >= 15 is 0 Å². The van der Waals surface area contributed by atoms with Gasteiger partial charge in [-0.1, -0.05) is 6.07 Å². The van der Waals surface area contributed by atoms with Gasteiger partial charge in [-0.25, -0.2) is 18.7 Å². The van der Waals surface area contributed by atoms with Gasteiger partial charge >= 0.3 is 0 Å². The highest BCUT2D eigenvalue weighted by atomic mass is 19.1. The fraction of sp³-hybridized carbons (Fsp3) is 0.320. The molecule has 5 heterocycles. The van der Waals surface area contributed by atoms with Gasteiger partial charge in [-0.2, -0.15) is 0 Å². The van der Waals surface area contributed by atoms with Crippen LogP contribution in [0.5, 0.6) is 0 Å². The predicted molar refractivity (Wildman–Crippen MR) is 123 cm³/mol. The quantitative estimate of drug-likeness (QED) is 0.605. The standard InChI is InChI=1S/C25H23F2N5O2/c26-16-3-1-4-17(27)22(16)18-11-19(23-20(30-18)13-29-24(23)33)31-21-6-5-15(12-28-21)32-9-2-7-25(14-32)8-10-34-25/h1,3-6,11-12H,2,7-10,13-14H2,(H,29,33)(H,28,30,31)/t25-/m0/s1. The highest BCUT2D eigenvalue weighted by Gasteiger charge is 2.42. The first-order valence-corrected chi connectivity index (χ1v) is 11.4. The number of piperidine rings is 1. The molecule has 0 radical (unpaired) electrons. The first-order chi connectivity index (χ1) is 16.5. The molecule has 34 heavy (non-hydrogen) atoms. The molecule has 2 fully saturated rings. The van der Waals surface area contributed by atoms with Crippen molar-refractivity contribution in [2.24, 2.45) is 0 Å². The molecule has 3 aromatic rings. The summed E-state index contributed by atoms with van der Waals surface area (Å²) in [4.78, 5) is 23.6. The molecule has 1 spiro atoms. The first kappa shape index (κ1) is 21.0. The summed E-state index contributed by atoms with van der Waals surface area (Å²) in [5.74, 6) is -1.20. The smallest absolute Gasteiger partial charge is 0.255 e. The summed E-state index contributed by atoms with van der Waals surface area (Å²) < 4.78 is 34.7. The van der Waals surface area contributed by atoms with E-state index in [0.717, 1.165) is 44.6 Å². The molecule has 2 N–H and O–H groups in total. The Labute approximate surface area is 195 Å². The molecule has 3 aliphatic rings. The topological polar surface area (TPSA) is 79.4 Å². The van der Waals surface area contributed by atoms with Crippen molar-refractivity contribution < 1.29 is 18.3 Å². The van der Waals surface area contributed by atoms with Crippen LogP contribution in [0.2, 0.25) is 0 Å². The zero-order valence-electron chi connectivity index (χ0n) is 18.4. The van der Waals surface area contributed by atoms with Gasteiger partial charge in [0.25, 0.3) is 5.91 Å². The van der Waals surface area contributed by atoms with E-state index in [1.165, 1.54) is 24.3 Å². The zero-order valence-corrected chi connectivity index (χ0v) is 18.4. The van der Waals surface area contributed by atoms with Crippen molar-refractivity contribution >= 4 is 23.1 Å². The van der Waals surface area contributed by atoms with Crippen LogP contribution in [-0.2, 0) is 11.3 Å². The number of hydrogen-bond donors (Lipinski definition) is 2. The lowest BCUT2D eigenvalue weighted by molar-refractivity contribution is -0.150. The van der Waals surface area contributed by atoms with Crippen LogP contribution >= 0.6 is 0 Å².